The molecule has 4 rings (SSSR count). The molecule has 0 bridgehead atoms. The molecule has 0 spiro atoms. The van der Waals surface area contributed by atoms with Gasteiger partial charge in [-0.2, -0.15) is 4.98 Å². The molecule has 1 N–H and O–H groups in total. The predicted molar refractivity (Wildman–Crippen MR) is 105 cm³/mol. The van der Waals surface area contributed by atoms with Gasteiger partial charge in [0.1, 0.15) is 0 Å². The van der Waals surface area contributed by atoms with Gasteiger partial charge in [-0.05, 0) is 25.8 Å². The molecule has 0 radical (unpaired) electrons. The van der Waals surface area contributed by atoms with Gasteiger partial charge in [0.2, 0.25) is 15.8 Å². The quantitative estimate of drug-likeness (QED) is 0.683. The summed E-state index contributed by atoms with van der Waals surface area (Å²) in [6, 6.07) is 11.2. The molecule has 0 amide bonds. The third kappa shape index (κ3) is 3.97. The fourth-order valence-corrected chi connectivity index (χ4v) is 6.19. The molecule has 3 aromatic rings. The van der Waals surface area contributed by atoms with Gasteiger partial charge in [-0.15, -0.1) is 11.3 Å². The maximum absolute atomic E-state index is 12.8. The maximum atomic E-state index is 12.8. The highest BCUT2D eigenvalue weighted by Gasteiger charge is 2.26. The molecule has 2 aromatic heterocycles. The number of thiophene rings is 1. The first-order valence-corrected chi connectivity index (χ1v) is 11.4. The molecule has 1 aromatic carbocycles. The highest BCUT2D eigenvalue weighted by atomic mass is 32.2. The van der Waals surface area contributed by atoms with Gasteiger partial charge in [-0.3, -0.25) is 0 Å². The summed E-state index contributed by atoms with van der Waals surface area (Å²) in [5.41, 5.74) is 0.854. The second kappa shape index (κ2) is 7.53. The van der Waals surface area contributed by atoms with Gasteiger partial charge < -0.3 is 4.52 Å². The summed E-state index contributed by atoms with van der Waals surface area (Å²) in [4.78, 5) is 6.09. The van der Waals surface area contributed by atoms with E-state index in [0.717, 1.165) is 31.2 Å². The number of benzene rings is 1. The lowest BCUT2D eigenvalue weighted by Gasteiger charge is -2.22. The van der Waals surface area contributed by atoms with Crippen LogP contribution >= 0.6 is 11.3 Å². The fraction of sp³-hybridized carbons (Fsp3) is 0.368. The van der Waals surface area contributed by atoms with Crippen molar-refractivity contribution < 1.29 is 12.9 Å². The standard InChI is InChI=1S/C19H21N3O3S2/c1-13-17(27(23,24)22-15-10-6-3-7-11-15)12-16(26-13)19-20-18(21-25-19)14-8-4-2-5-9-14/h2,4-5,8-9,12,15,22H,3,6-7,10-11H2,1H3. The molecular weight excluding hydrogens is 382 g/mol. The summed E-state index contributed by atoms with van der Waals surface area (Å²) in [6.45, 7) is 1.80. The second-order valence-corrected chi connectivity index (χ2v) is 9.72. The molecule has 142 valence electrons. The SMILES string of the molecule is Cc1sc(-c2nc(-c3ccccc3)no2)cc1S(=O)(=O)NC1CCCCC1. The van der Waals surface area contributed by atoms with Crippen molar-refractivity contribution in [3.63, 3.8) is 0 Å². The Labute approximate surface area is 162 Å². The van der Waals surface area contributed by atoms with Crippen LogP contribution in [0.3, 0.4) is 0 Å². The van der Waals surface area contributed by atoms with Crippen molar-refractivity contribution in [2.75, 3.05) is 0 Å². The summed E-state index contributed by atoms with van der Waals surface area (Å²) in [5, 5.41) is 4.01. The van der Waals surface area contributed by atoms with Crippen LogP contribution in [0.4, 0.5) is 0 Å². The van der Waals surface area contributed by atoms with Crippen LogP contribution in [0.25, 0.3) is 22.2 Å². The number of sulfonamides is 1. The molecule has 0 aliphatic heterocycles. The summed E-state index contributed by atoms with van der Waals surface area (Å²) in [6.07, 6.45) is 5.14. The van der Waals surface area contributed by atoms with E-state index >= 15 is 0 Å². The Bertz CT molecular complexity index is 1020. The van der Waals surface area contributed by atoms with Crippen LogP contribution in [-0.2, 0) is 10.0 Å². The molecule has 0 unspecified atom stereocenters. The lowest BCUT2D eigenvalue weighted by molar-refractivity contribution is 0.412. The first kappa shape index (κ1) is 18.3. The number of hydrogen-bond acceptors (Lipinski definition) is 6. The molecule has 8 heteroatoms. The molecule has 0 atom stereocenters. The van der Waals surface area contributed by atoms with Crippen LogP contribution in [0, 0.1) is 6.92 Å². The summed E-state index contributed by atoms with van der Waals surface area (Å²) >= 11 is 1.35. The minimum absolute atomic E-state index is 0.0274. The van der Waals surface area contributed by atoms with Crippen molar-refractivity contribution in [3.8, 4) is 22.2 Å². The monoisotopic (exact) mass is 403 g/mol. The zero-order chi connectivity index (χ0) is 18.9. The summed E-state index contributed by atoms with van der Waals surface area (Å²) in [7, 11) is -3.55. The number of hydrogen-bond donors (Lipinski definition) is 1. The Kier molecular flexibility index (Phi) is 5.12. The molecule has 1 saturated carbocycles. The van der Waals surface area contributed by atoms with Crippen LogP contribution < -0.4 is 4.72 Å². The van der Waals surface area contributed by atoms with Gasteiger partial charge in [0, 0.05) is 16.5 Å². The largest absolute Gasteiger partial charge is 0.333 e. The van der Waals surface area contributed by atoms with E-state index in [9.17, 15) is 8.42 Å². The third-order valence-corrected chi connectivity index (χ3v) is 7.57. The highest BCUT2D eigenvalue weighted by molar-refractivity contribution is 7.89. The number of aryl methyl sites for hydroxylation is 1. The molecule has 1 aliphatic carbocycles. The molecule has 6 nitrogen and oxygen atoms in total. The molecule has 0 saturated heterocycles. The summed E-state index contributed by atoms with van der Waals surface area (Å²) < 4.78 is 33.9. The van der Waals surface area contributed by atoms with Crippen LogP contribution in [0.1, 0.15) is 37.0 Å². The molecule has 1 aliphatic rings. The van der Waals surface area contributed by atoms with Crippen molar-refractivity contribution in [1.82, 2.24) is 14.9 Å². The Balaban J connectivity index is 1.59. The van der Waals surface area contributed by atoms with Gasteiger partial charge in [-0.1, -0.05) is 54.8 Å². The molecule has 2 heterocycles. The Hall–Kier alpha value is -2.03. The Morgan fingerprint density at radius 3 is 2.63 bits per heavy atom. The van der Waals surface area contributed by atoms with E-state index in [4.69, 9.17) is 4.52 Å². The summed E-state index contributed by atoms with van der Waals surface area (Å²) in [5.74, 6) is 0.822. The van der Waals surface area contributed by atoms with E-state index in [-0.39, 0.29) is 6.04 Å². The third-order valence-electron chi connectivity index (χ3n) is 4.76. The average molecular weight is 404 g/mol. The Morgan fingerprint density at radius 1 is 1.15 bits per heavy atom. The number of rotatable bonds is 5. The average Bonchev–Trinajstić information content (AvgIpc) is 3.30. The maximum Gasteiger partial charge on any atom is 0.268 e. The van der Waals surface area contributed by atoms with E-state index in [1.165, 1.54) is 17.8 Å². The predicted octanol–water partition coefficient (Wildman–Crippen LogP) is 4.38. The fourth-order valence-electron chi connectivity index (χ4n) is 3.37. The topological polar surface area (TPSA) is 85.1 Å². The first-order valence-electron chi connectivity index (χ1n) is 9.05. The van der Waals surface area contributed by atoms with Gasteiger partial charge in [0.25, 0.3) is 5.89 Å². The second-order valence-electron chi connectivity index (χ2n) is 6.78. The van der Waals surface area contributed by atoms with E-state index in [0.29, 0.717) is 26.4 Å². The van der Waals surface area contributed by atoms with Gasteiger partial charge in [0.05, 0.1) is 9.77 Å². The minimum atomic E-state index is -3.55. The van der Waals surface area contributed by atoms with Gasteiger partial charge >= 0.3 is 0 Å². The van der Waals surface area contributed by atoms with Gasteiger partial charge in [-0.25, -0.2) is 13.1 Å². The molecular formula is C19H21N3O3S2. The lowest BCUT2D eigenvalue weighted by Crippen LogP contribution is -2.36. The number of aromatic nitrogens is 2. The smallest absolute Gasteiger partial charge is 0.268 e. The first-order chi connectivity index (χ1) is 13.0. The van der Waals surface area contributed by atoms with Crippen molar-refractivity contribution >= 4 is 21.4 Å². The number of nitrogens with one attached hydrogen (secondary N) is 1. The van der Waals surface area contributed by atoms with E-state index in [1.54, 1.807) is 13.0 Å². The van der Waals surface area contributed by atoms with Crippen molar-refractivity contribution in [2.24, 2.45) is 0 Å². The van der Waals surface area contributed by atoms with E-state index in [2.05, 4.69) is 14.9 Å². The molecule has 1 fully saturated rings. The van der Waals surface area contributed by atoms with Gasteiger partial charge in [0.15, 0.2) is 0 Å². The van der Waals surface area contributed by atoms with Crippen molar-refractivity contribution in [1.29, 1.82) is 0 Å². The normalized spacial score (nSPS) is 15.9. The lowest BCUT2D eigenvalue weighted by atomic mass is 9.96. The van der Waals surface area contributed by atoms with Crippen molar-refractivity contribution in [3.05, 3.63) is 41.3 Å². The Morgan fingerprint density at radius 2 is 1.89 bits per heavy atom. The minimum Gasteiger partial charge on any atom is -0.333 e. The van der Waals surface area contributed by atoms with E-state index in [1.807, 2.05) is 30.3 Å². The zero-order valence-corrected chi connectivity index (χ0v) is 16.6. The van der Waals surface area contributed by atoms with Crippen LogP contribution in [0.5, 0.6) is 0 Å². The molecule has 27 heavy (non-hydrogen) atoms. The van der Waals surface area contributed by atoms with Crippen LogP contribution in [-0.4, -0.2) is 24.6 Å². The number of nitrogens with zero attached hydrogens (tertiary/aromatic N) is 2. The van der Waals surface area contributed by atoms with Crippen molar-refractivity contribution in [2.45, 2.75) is 50.0 Å². The zero-order valence-electron chi connectivity index (χ0n) is 15.0. The highest BCUT2D eigenvalue weighted by Crippen LogP contribution is 2.34. The van der Waals surface area contributed by atoms with E-state index < -0.39 is 10.0 Å². The van der Waals surface area contributed by atoms with Crippen LogP contribution in [0.15, 0.2) is 45.8 Å². The van der Waals surface area contributed by atoms with Crippen LogP contribution in [0.2, 0.25) is 0 Å².